The number of primary amides is 1. The summed E-state index contributed by atoms with van der Waals surface area (Å²) in [5.74, 6) is -0.490. The molecule has 3 rings (SSSR count). The zero-order valence-electron chi connectivity index (χ0n) is 14.9. The maximum Gasteiger partial charge on any atom is 0.267 e. The van der Waals surface area contributed by atoms with Crippen LogP contribution >= 0.6 is 0 Å². The summed E-state index contributed by atoms with van der Waals surface area (Å²) >= 11 is 0. The summed E-state index contributed by atoms with van der Waals surface area (Å²) in [7, 11) is 0. The van der Waals surface area contributed by atoms with Crippen molar-refractivity contribution in [3.05, 3.63) is 41.7 Å². The molecule has 0 saturated heterocycles. The lowest BCUT2D eigenvalue weighted by molar-refractivity contribution is -0.122. The molecule has 1 atom stereocenters. The first-order valence-electron chi connectivity index (χ1n) is 8.21. The van der Waals surface area contributed by atoms with Gasteiger partial charge in [0.15, 0.2) is 0 Å². The number of ether oxygens (including phenoxy) is 1. The molecule has 1 aromatic heterocycles. The van der Waals surface area contributed by atoms with Crippen molar-refractivity contribution in [1.82, 2.24) is 9.97 Å². The van der Waals surface area contributed by atoms with E-state index in [1.165, 1.54) is 6.33 Å². The van der Waals surface area contributed by atoms with Gasteiger partial charge in [-0.3, -0.25) is 9.59 Å². The fourth-order valence-corrected chi connectivity index (χ4v) is 2.80. The second kappa shape index (κ2) is 6.29. The molecule has 2 aromatic rings. The van der Waals surface area contributed by atoms with Crippen molar-refractivity contribution in [1.29, 1.82) is 0 Å². The van der Waals surface area contributed by atoms with Crippen molar-refractivity contribution in [2.24, 2.45) is 5.73 Å². The number of nitrogens with zero attached hydrogens (tertiary/aromatic N) is 3. The van der Waals surface area contributed by atoms with Gasteiger partial charge in [-0.15, -0.1) is 0 Å². The van der Waals surface area contributed by atoms with Crippen LogP contribution in [0, 0.1) is 0 Å². The molecule has 8 heteroatoms. The number of carbonyl (C=O) groups is 2. The van der Waals surface area contributed by atoms with Crippen LogP contribution in [-0.2, 0) is 10.2 Å². The number of hydrogen-bond acceptors (Lipinski definition) is 6. The summed E-state index contributed by atoms with van der Waals surface area (Å²) in [6, 6.07) is 7.12. The van der Waals surface area contributed by atoms with E-state index in [-0.39, 0.29) is 29.3 Å². The molecule has 136 valence electrons. The van der Waals surface area contributed by atoms with Crippen molar-refractivity contribution in [3.8, 4) is 5.88 Å². The molecule has 0 aliphatic carbocycles. The second-order valence-corrected chi connectivity index (χ2v) is 6.82. The van der Waals surface area contributed by atoms with Crippen LogP contribution in [0.3, 0.4) is 0 Å². The van der Waals surface area contributed by atoms with E-state index in [0.29, 0.717) is 12.2 Å². The number of nitrogens with two attached hydrogens (primary N) is 2. The lowest BCUT2D eigenvalue weighted by atomic mass is 9.84. The quantitative estimate of drug-likeness (QED) is 0.854. The van der Waals surface area contributed by atoms with Crippen LogP contribution in [0.5, 0.6) is 5.88 Å². The number of aromatic nitrogens is 2. The monoisotopic (exact) mass is 355 g/mol. The first kappa shape index (κ1) is 17.7. The van der Waals surface area contributed by atoms with E-state index in [0.717, 1.165) is 5.56 Å². The van der Waals surface area contributed by atoms with E-state index in [9.17, 15) is 9.59 Å². The van der Waals surface area contributed by atoms with Gasteiger partial charge in [0.05, 0.1) is 12.0 Å². The fraction of sp³-hybridized carbons (Fsp3) is 0.333. The lowest BCUT2D eigenvalue weighted by Gasteiger charge is -2.25. The van der Waals surface area contributed by atoms with Gasteiger partial charge in [0.25, 0.3) is 5.91 Å². The van der Waals surface area contributed by atoms with E-state index in [1.54, 1.807) is 43.0 Å². The van der Waals surface area contributed by atoms with Crippen LogP contribution < -0.4 is 21.1 Å². The Morgan fingerprint density at radius 2 is 1.92 bits per heavy atom. The molecule has 2 amide bonds. The van der Waals surface area contributed by atoms with E-state index < -0.39 is 11.3 Å². The molecule has 0 saturated carbocycles. The molecule has 0 fully saturated rings. The zero-order chi connectivity index (χ0) is 19.1. The molecule has 0 unspecified atom stereocenters. The van der Waals surface area contributed by atoms with Crippen LogP contribution in [0.2, 0.25) is 0 Å². The highest BCUT2D eigenvalue weighted by molar-refractivity contribution is 6.10. The molecule has 0 radical (unpaired) electrons. The normalized spacial score (nSPS) is 17.3. The first-order chi connectivity index (χ1) is 12.2. The average molecular weight is 355 g/mol. The van der Waals surface area contributed by atoms with Gasteiger partial charge in [-0.2, -0.15) is 0 Å². The summed E-state index contributed by atoms with van der Waals surface area (Å²) in [5.41, 5.74) is 12.1. The number of hydrogen-bond donors (Lipinski definition) is 2. The molecule has 8 nitrogen and oxygen atoms in total. The standard InChI is InChI=1S/C18H21N5O3/c1-10-8-23(16(24)13-14(19)21-9-22-15(13)26-10)12-6-4-11(5-7-12)18(2,3)17(20)25/h4-7,9-10H,8H2,1-3H3,(H2,20,25)(H2,19,21,22)/t10-/m1/s1. The SMILES string of the molecule is C[C@@H]1CN(c2ccc(C(C)(C)C(N)=O)cc2)C(=O)c2c(N)ncnc2O1. The molecular weight excluding hydrogens is 334 g/mol. The van der Waals surface area contributed by atoms with Crippen molar-refractivity contribution in [3.63, 3.8) is 0 Å². The van der Waals surface area contributed by atoms with Crippen molar-refractivity contribution in [2.75, 3.05) is 17.2 Å². The first-order valence-corrected chi connectivity index (χ1v) is 8.21. The third kappa shape index (κ3) is 2.94. The van der Waals surface area contributed by atoms with Crippen molar-refractivity contribution >= 4 is 23.3 Å². The Balaban J connectivity index is 2.00. The highest BCUT2D eigenvalue weighted by Crippen LogP contribution is 2.31. The predicted octanol–water partition coefficient (Wildman–Crippen LogP) is 1.25. The highest BCUT2D eigenvalue weighted by atomic mass is 16.5. The Labute approximate surface area is 151 Å². The van der Waals surface area contributed by atoms with Gasteiger partial charge < -0.3 is 21.1 Å². The molecule has 1 aliphatic heterocycles. The van der Waals surface area contributed by atoms with Gasteiger partial charge >= 0.3 is 0 Å². The van der Waals surface area contributed by atoms with Crippen molar-refractivity contribution < 1.29 is 14.3 Å². The highest BCUT2D eigenvalue weighted by Gasteiger charge is 2.32. The van der Waals surface area contributed by atoms with Gasteiger partial charge in [0, 0.05) is 5.69 Å². The summed E-state index contributed by atoms with van der Waals surface area (Å²) in [5, 5.41) is 0. The molecule has 1 aromatic carbocycles. The third-order valence-electron chi connectivity index (χ3n) is 4.57. The number of nitrogen functional groups attached to an aromatic ring is 1. The lowest BCUT2D eigenvalue weighted by Crippen LogP contribution is -2.37. The Morgan fingerprint density at radius 3 is 2.54 bits per heavy atom. The van der Waals surface area contributed by atoms with Gasteiger partial charge in [0.2, 0.25) is 11.8 Å². The zero-order valence-corrected chi connectivity index (χ0v) is 14.9. The minimum absolute atomic E-state index is 0.0746. The maximum absolute atomic E-state index is 13.0. The van der Waals surface area contributed by atoms with Gasteiger partial charge in [0.1, 0.15) is 23.8 Å². The van der Waals surface area contributed by atoms with Gasteiger partial charge in [-0.25, -0.2) is 9.97 Å². The Kier molecular flexibility index (Phi) is 4.27. The number of rotatable bonds is 3. The largest absolute Gasteiger partial charge is 0.472 e. The Morgan fingerprint density at radius 1 is 1.27 bits per heavy atom. The topological polar surface area (TPSA) is 124 Å². The fourth-order valence-electron chi connectivity index (χ4n) is 2.80. The number of anilines is 2. The molecule has 0 spiro atoms. The predicted molar refractivity (Wildman–Crippen MR) is 96.9 cm³/mol. The maximum atomic E-state index is 13.0. The number of fused-ring (bicyclic) bond motifs is 1. The Hall–Kier alpha value is -3.16. The van der Waals surface area contributed by atoms with E-state index in [4.69, 9.17) is 16.2 Å². The Bertz CT molecular complexity index is 864. The molecule has 2 heterocycles. The molecular formula is C18H21N5O3. The summed E-state index contributed by atoms with van der Waals surface area (Å²) in [6.07, 6.45) is 0.987. The second-order valence-electron chi connectivity index (χ2n) is 6.82. The van der Waals surface area contributed by atoms with Crippen LogP contribution in [0.1, 0.15) is 36.7 Å². The number of benzene rings is 1. The van der Waals surface area contributed by atoms with E-state index in [1.807, 2.05) is 6.92 Å². The molecule has 0 bridgehead atoms. The van der Waals surface area contributed by atoms with Crippen LogP contribution in [-0.4, -0.2) is 34.4 Å². The van der Waals surface area contributed by atoms with Crippen molar-refractivity contribution in [2.45, 2.75) is 32.3 Å². The minimum atomic E-state index is -0.803. The van der Waals surface area contributed by atoms with E-state index in [2.05, 4.69) is 9.97 Å². The average Bonchev–Trinajstić information content (AvgIpc) is 2.72. The molecule has 4 N–H and O–H groups in total. The third-order valence-corrected chi connectivity index (χ3v) is 4.57. The summed E-state index contributed by atoms with van der Waals surface area (Å²) < 4.78 is 5.71. The van der Waals surface area contributed by atoms with Crippen LogP contribution in [0.15, 0.2) is 30.6 Å². The molecule has 26 heavy (non-hydrogen) atoms. The number of amides is 2. The summed E-state index contributed by atoms with van der Waals surface area (Å²) in [6.45, 7) is 5.68. The number of carbonyl (C=O) groups excluding carboxylic acids is 2. The minimum Gasteiger partial charge on any atom is -0.472 e. The van der Waals surface area contributed by atoms with E-state index >= 15 is 0 Å². The smallest absolute Gasteiger partial charge is 0.267 e. The van der Waals surface area contributed by atoms with Crippen LogP contribution in [0.25, 0.3) is 0 Å². The summed E-state index contributed by atoms with van der Waals surface area (Å²) in [4.78, 5) is 34.1. The molecule has 1 aliphatic rings. The van der Waals surface area contributed by atoms with Gasteiger partial charge in [-0.05, 0) is 38.5 Å². The van der Waals surface area contributed by atoms with Crippen LogP contribution in [0.4, 0.5) is 11.5 Å². The van der Waals surface area contributed by atoms with Gasteiger partial charge in [-0.1, -0.05) is 12.1 Å².